The summed E-state index contributed by atoms with van der Waals surface area (Å²) in [5.41, 5.74) is 9.53. The number of rotatable bonds is 6. The van der Waals surface area contributed by atoms with Gasteiger partial charge in [-0.05, 0) is 91.4 Å². The predicted octanol–water partition coefficient (Wildman–Crippen LogP) is 7.48. The van der Waals surface area contributed by atoms with E-state index in [1.54, 1.807) is 36.4 Å². The van der Waals surface area contributed by atoms with Gasteiger partial charge in [-0.1, -0.05) is 19.1 Å². The first kappa shape index (κ1) is 32.6. The minimum Gasteiger partial charge on any atom is -0.376 e. The summed E-state index contributed by atoms with van der Waals surface area (Å²) < 4.78 is 0. The van der Waals surface area contributed by atoms with Crippen molar-refractivity contribution in [1.82, 2.24) is 16.0 Å². The second kappa shape index (κ2) is 12.3. The summed E-state index contributed by atoms with van der Waals surface area (Å²) in [5.74, 6) is 0.00298. The van der Waals surface area contributed by atoms with E-state index >= 15 is 0 Å². The van der Waals surface area contributed by atoms with Crippen LogP contribution in [0.25, 0.3) is 16.7 Å². The number of nitrogens with one attached hydrogen (secondary N) is 3. The molecule has 260 valence electrons. The second-order valence-electron chi connectivity index (χ2n) is 13.7. The molecular weight excluding hydrogens is 662 g/mol. The summed E-state index contributed by atoms with van der Waals surface area (Å²) >= 11 is 0. The Labute approximate surface area is 298 Å². The normalized spacial score (nSPS) is 27.4. The van der Waals surface area contributed by atoms with Gasteiger partial charge in [0, 0.05) is 81.8 Å². The van der Waals surface area contributed by atoms with Crippen molar-refractivity contribution in [3.63, 3.8) is 0 Å². The van der Waals surface area contributed by atoms with E-state index in [4.69, 9.17) is 4.99 Å². The van der Waals surface area contributed by atoms with Gasteiger partial charge in [-0.25, -0.2) is 0 Å². The van der Waals surface area contributed by atoms with Crippen molar-refractivity contribution in [3.05, 3.63) is 173 Å². The molecule has 5 heterocycles. The molecule has 0 spiro atoms. The highest BCUT2D eigenvalue weighted by Crippen LogP contribution is 2.46. The lowest BCUT2D eigenvalue weighted by Gasteiger charge is -2.32. The topological polar surface area (TPSA) is 178 Å². The van der Waals surface area contributed by atoms with Gasteiger partial charge in [0.25, 0.3) is 17.1 Å². The van der Waals surface area contributed by atoms with E-state index in [2.05, 4.69) is 41.9 Å². The smallest absolute Gasteiger partial charge is 0.269 e. The highest BCUT2D eigenvalue weighted by molar-refractivity contribution is 6.05. The largest absolute Gasteiger partial charge is 0.376 e. The summed E-state index contributed by atoms with van der Waals surface area (Å²) in [5, 5.41) is 46.0. The second-order valence-corrected chi connectivity index (χ2v) is 13.7. The van der Waals surface area contributed by atoms with Gasteiger partial charge in [-0.3, -0.25) is 35.3 Å². The Bertz CT molecular complexity index is 2300. The average molecular weight is 696 g/mol. The van der Waals surface area contributed by atoms with Crippen molar-refractivity contribution in [3.8, 4) is 0 Å². The first-order chi connectivity index (χ1) is 25.0. The van der Waals surface area contributed by atoms with Crippen molar-refractivity contribution < 1.29 is 14.8 Å². The van der Waals surface area contributed by atoms with E-state index in [1.165, 1.54) is 36.4 Å². The molecule has 1 fully saturated rings. The number of hydrogen-bond acceptors (Lipinski definition) is 10. The number of allylic oxidation sites excluding steroid dienone is 5. The van der Waals surface area contributed by atoms with Gasteiger partial charge < -0.3 is 16.0 Å². The molecule has 3 aromatic rings. The zero-order chi connectivity index (χ0) is 36.3. The van der Waals surface area contributed by atoms with Crippen LogP contribution in [0, 0.1) is 36.3 Å². The Morgan fingerprint density at radius 3 is 1.87 bits per heavy atom. The number of benzene rings is 3. The number of nitrogens with zero attached hydrogens (tertiary/aromatic N) is 4. The predicted molar refractivity (Wildman–Crippen MR) is 197 cm³/mol. The molecule has 0 radical (unpaired) electrons. The molecule has 0 saturated carbocycles. The van der Waals surface area contributed by atoms with Crippen molar-refractivity contribution in [2.24, 2.45) is 10.9 Å². The molecule has 13 heteroatoms. The number of fused-ring (bicyclic) bond motifs is 8. The fourth-order valence-corrected chi connectivity index (χ4v) is 7.82. The Hall–Kier alpha value is -6.63. The summed E-state index contributed by atoms with van der Waals surface area (Å²) in [6, 6.07) is 19.5. The maximum Gasteiger partial charge on any atom is 0.269 e. The Balaban J connectivity index is 1.34. The number of aliphatic imine (C=N–C) groups is 1. The molecule has 3 N–H and O–H groups in total. The molecule has 0 amide bonds. The lowest BCUT2D eigenvalue weighted by Crippen LogP contribution is -2.39. The summed E-state index contributed by atoms with van der Waals surface area (Å²) in [6.07, 6.45) is 10.1. The van der Waals surface area contributed by atoms with Crippen LogP contribution in [0.1, 0.15) is 49.8 Å². The van der Waals surface area contributed by atoms with Crippen molar-refractivity contribution in [2.45, 2.75) is 44.7 Å². The van der Waals surface area contributed by atoms with Gasteiger partial charge in [0.1, 0.15) is 0 Å². The third-order valence-electron chi connectivity index (χ3n) is 10.3. The lowest BCUT2D eigenvalue weighted by molar-refractivity contribution is -0.385. The van der Waals surface area contributed by atoms with Crippen LogP contribution in [0.15, 0.2) is 131 Å². The number of non-ortho nitro benzene ring substituents is 3. The molecule has 8 rings (SSSR count). The average Bonchev–Trinajstić information content (AvgIpc) is 3.95. The van der Waals surface area contributed by atoms with Gasteiger partial charge in [-0.2, -0.15) is 0 Å². The van der Waals surface area contributed by atoms with Crippen LogP contribution < -0.4 is 16.0 Å². The minimum absolute atomic E-state index is 0.00223. The van der Waals surface area contributed by atoms with Crippen LogP contribution in [0.2, 0.25) is 0 Å². The molecule has 0 aromatic heterocycles. The van der Waals surface area contributed by atoms with E-state index in [-0.39, 0.29) is 29.0 Å². The van der Waals surface area contributed by atoms with E-state index in [1.807, 2.05) is 12.2 Å². The van der Waals surface area contributed by atoms with Crippen molar-refractivity contribution >= 4 is 39.5 Å². The zero-order valence-corrected chi connectivity index (χ0v) is 28.3. The molecular formula is C39H33N7O6. The van der Waals surface area contributed by atoms with Crippen LogP contribution >= 0.6 is 0 Å². The van der Waals surface area contributed by atoms with Gasteiger partial charge >= 0.3 is 0 Å². The summed E-state index contributed by atoms with van der Waals surface area (Å²) in [4.78, 5) is 38.6. The van der Waals surface area contributed by atoms with Gasteiger partial charge in [-0.15, -0.1) is 0 Å². The Morgan fingerprint density at radius 2 is 1.29 bits per heavy atom. The molecule has 13 nitrogen and oxygen atoms in total. The molecule has 8 bridgehead atoms. The van der Waals surface area contributed by atoms with Gasteiger partial charge in [0.05, 0.1) is 37.8 Å². The summed E-state index contributed by atoms with van der Waals surface area (Å²) in [7, 11) is 0. The molecule has 3 aromatic carbocycles. The van der Waals surface area contributed by atoms with E-state index in [0.717, 1.165) is 67.6 Å². The molecule has 5 aliphatic heterocycles. The maximum atomic E-state index is 11.6. The SMILES string of the molecule is CC1C/C2=C(\c3ccc([N+](=O)[O-])cc3)C3=CCC(N3)C3=N/C(=C(/c4ccc([N+](=O)[O-])cc4)C4(C)CC=C(N4)/C(c4ccc([N+](=O)[O-])cc4)=C/1N2)C=C3. The van der Waals surface area contributed by atoms with Gasteiger partial charge in [0.2, 0.25) is 0 Å². The molecule has 5 aliphatic rings. The van der Waals surface area contributed by atoms with E-state index < -0.39 is 20.3 Å². The Morgan fingerprint density at radius 1 is 0.731 bits per heavy atom. The van der Waals surface area contributed by atoms with E-state index in [9.17, 15) is 30.3 Å². The fraction of sp³-hybridized carbons (Fsp3) is 0.205. The number of hydrogen-bond donors (Lipinski definition) is 3. The number of nitro groups is 3. The minimum atomic E-state index is -0.687. The molecule has 52 heavy (non-hydrogen) atoms. The highest BCUT2D eigenvalue weighted by Gasteiger charge is 2.40. The highest BCUT2D eigenvalue weighted by atomic mass is 16.6. The molecule has 3 unspecified atom stereocenters. The zero-order valence-electron chi connectivity index (χ0n) is 28.3. The first-order valence-corrected chi connectivity index (χ1v) is 16.9. The van der Waals surface area contributed by atoms with Crippen LogP contribution in [-0.4, -0.2) is 32.1 Å². The van der Waals surface area contributed by atoms with Crippen LogP contribution in [0.4, 0.5) is 17.1 Å². The monoisotopic (exact) mass is 695 g/mol. The van der Waals surface area contributed by atoms with Crippen molar-refractivity contribution in [2.75, 3.05) is 0 Å². The summed E-state index contributed by atoms with van der Waals surface area (Å²) in [6.45, 7) is 4.23. The standard InChI is InChI=1S/C39H33N7O6/c1-22-21-34-35(23-3-9-26(10-4-23)44(47)48)31-17-15-29(40-31)30-16-18-33(41-30)37(25-7-13-28(14-8-25)46(51)52)39(2)20-19-32(43-39)36(38(22)42-34)24-5-11-27(12-6-24)45(49)50/h3-14,16-19,22,29,40,42-43H,15,20-21H2,1-2H3/b35-34-,37-33-,38-36-. The van der Waals surface area contributed by atoms with Gasteiger partial charge in [0.15, 0.2) is 0 Å². The third-order valence-corrected chi connectivity index (χ3v) is 10.3. The maximum absolute atomic E-state index is 11.6. The van der Waals surface area contributed by atoms with E-state index in [0.29, 0.717) is 19.3 Å². The Kier molecular flexibility index (Phi) is 7.70. The lowest BCUT2D eigenvalue weighted by atomic mass is 9.83. The van der Waals surface area contributed by atoms with Crippen molar-refractivity contribution in [1.29, 1.82) is 0 Å². The quantitative estimate of drug-likeness (QED) is 0.174. The van der Waals surface area contributed by atoms with Crippen LogP contribution in [0.5, 0.6) is 0 Å². The molecule has 3 atom stereocenters. The molecule has 0 aliphatic carbocycles. The third kappa shape index (κ3) is 5.56. The van der Waals surface area contributed by atoms with Crippen LogP contribution in [-0.2, 0) is 0 Å². The fourth-order valence-electron chi connectivity index (χ4n) is 7.82. The van der Waals surface area contributed by atoms with Crippen LogP contribution in [0.3, 0.4) is 0 Å². The molecule has 1 saturated heterocycles. The number of nitro benzene ring substituents is 3. The first-order valence-electron chi connectivity index (χ1n) is 16.9.